The van der Waals surface area contributed by atoms with Crippen molar-refractivity contribution >= 4 is 5.78 Å². The van der Waals surface area contributed by atoms with E-state index in [2.05, 4.69) is 6.92 Å². The van der Waals surface area contributed by atoms with Gasteiger partial charge in [-0.1, -0.05) is 77.6 Å². The molecule has 1 heteroatoms. The van der Waals surface area contributed by atoms with Gasteiger partial charge in [0.05, 0.1) is 0 Å². The molecule has 112 valence electrons. The molecule has 19 heavy (non-hydrogen) atoms. The van der Waals surface area contributed by atoms with E-state index < -0.39 is 0 Å². The zero-order chi connectivity index (χ0) is 13.8. The number of rotatable bonds is 12. The van der Waals surface area contributed by atoms with Crippen molar-refractivity contribution in [2.24, 2.45) is 5.92 Å². The topological polar surface area (TPSA) is 17.1 Å². The molecule has 1 nitrogen and oxygen atoms in total. The van der Waals surface area contributed by atoms with Crippen molar-refractivity contribution in [3.63, 3.8) is 0 Å². The number of carbonyl (C=O) groups is 1. The van der Waals surface area contributed by atoms with Crippen LogP contribution in [0.15, 0.2) is 0 Å². The van der Waals surface area contributed by atoms with Gasteiger partial charge < -0.3 is 0 Å². The predicted molar refractivity (Wildman–Crippen MR) is 83.4 cm³/mol. The van der Waals surface area contributed by atoms with Gasteiger partial charge in [-0.15, -0.1) is 0 Å². The molecule has 1 aliphatic rings. The van der Waals surface area contributed by atoms with Gasteiger partial charge in [0.15, 0.2) is 0 Å². The molecule has 0 amide bonds. The molecule has 1 fully saturated rings. The summed E-state index contributed by atoms with van der Waals surface area (Å²) in [4.78, 5) is 11.5. The first-order valence-corrected chi connectivity index (χ1v) is 8.87. The van der Waals surface area contributed by atoms with Crippen LogP contribution in [-0.2, 0) is 4.79 Å². The van der Waals surface area contributed by atoms with Gasteiger partial charge in [-0.3, -0.25) is 4.79 Å². The third-order valence-corrected chi connectivity index (χ3v) is 4.59. The van der Waals surface area contributed by atoms with E-state index in [1.807, 2.05) is 0 Å². The first-order chi connectivity index (χ1) is 9.34. The molecule has 0 heterocycles. The van der Waals surface area contributed by atoms with E-state index >= 15 is 0 Å². The number of hydrogen-bond donors (Lipinski definition) is 0. The molecule has 1 saturated carbocycles. The Kier molecular flexibility index (Phi) is 10.1. The van der Waals surface area contributed by atoms with Crippen molar-refractivity contribution in [3.05, 3.63) is 0 Å². The van der Waals surface area contributed by atoms with Crippen LogP contribution in [0.2, 0.25) is 0 Å². The second kappa shape index (κ2) is 11.5. The molecule has 0 aliphatic heterocycles. The van der Waals surface area contributed by atoms with E-state index in [0.29, 0.717) is 11.7 Å². The molecule has 0 aromatic heterocycles. The van der Waals surface area contributed by atoms with E-state index in [1.165, 1.54) is 83.5 Å². The van der Waals surface area contributed by atoms with Gasteiger partial charge in [0.1, 0.15) is 5.78 Å². The van der Waals surface area contributed by atoms with Crippen LogP contribution in [0.5, 0.6) is 0 Å². The predicted octanol–water partition coefficient (Wildman–Crippen LogP) is 6.06. The van der Waals surface area contributed by atoms with Crippen molar-refractivity contribution in [1.29, 1.82) is 0 Å². The maximum absolute atomic E-state index is 11.5. The molecule has 0 aromatic rings. The van der Waals surface area contributed by atoms with Crippen molar-refractivity contribution in [2.45, 2.75) is 103 Å². The summed E-state index contributed by atoms with van der Waals surface area (Å²) in [6, 6.07) is 0. The molecule has 1 rings (SSSR count). The second-order valence-corrected chi connectivity index (χ2v) is 6.38. The van der Waals surface area contributed by atoms with Crippen molar-refractivity contribution < 1.29 is 4.79 Å². The van der Waals surface area contributed by atoms with Gasteiger partial charge in [-0.2, -0.15) is 0 Å². The third kappa shape index (κ3) is 8.44. The van der Waals surface area contributed by atoms with Crippen LogP contribution in [0.25, 0.3) is 0 Å². The Hall–Kier alpha value is -0.330. The number of ketones is 1. The van der Waals surface area contributed by atoms with E-state index in [4.69, 9.17) is 0 Å². The zero-order valence-electron chi connectivity index (χ0n) is 13.1. The first kappa shape index (κ1) is 16.7. The minimum Gasteiger partial charge on any atom is -0.299 e. The normalized spacial score (nSPS) is 19.2. The smallest absolute Gasteiger partial charge is 0.135 e. The van der Waals surface area contributed by atoms with Crippen molar-refractivity contribution in [3.8, 4) is 0 Å². The molecule has 0 spiro atoms. The number of carbonyl (C=O) groups excluding carboxylic acids is 1. The van der Waals surface area contributed by atoms with E-state index in [1.54, 1.807) is 0 Å². The van der Waals surface area contributed by atoms with Gasteiger partial charge in [0.2, 0.25) is 0 Å². The molecular weight excluding hydrogens is 232 g/mol. The lowest BCUT2D eigenvalue weighted by Gasteiger charge is -2.07. The molecule has 0 N–H and O–H groups in total. The van der Waals surface area contributed by atoms with Gasteiger partial charge in [-0.25, -0.2) is 0 Å². The Bertz CT molecular complexity index is 222. The van der Waals surface area contributed by atoms with Crippen LogP contribution >= 0.6 is 0 Å². The SMILES string of the molecule is CCCCCCCCCCCCCC1CCCC1=O. The number of Topliss-reactive ketones (excluding diaryl/α,β-unsaturated/α-hetero) is 1. The lowest BCUT2D eigenvalue weighted by atomic mass is 9.98. The van der Waals surface area contributed by atoms with Crippen LogP contribution in [0.3, 0.4) is 0 Å². The summed E-state index contributed by atoms with van der Waals surface area (Å²) in [5.74, 6) is 0.991. The number of unbranched alkanes of at least 4 members (excludes halogenated alkanes) is 10. The molecule has 0 radical (unpaired) electrons. The summed E-state index contributed by atoms with van der Waals surface area (Å²) in [7, 11) is 0. The Morgan fingerprint density at radius 3 is 1.84 bits per heavy atom. The average molecular weight is 266 g/mol. The van der Waals surface area contributed by atoms with Crippen molar-refractivity contribution in [2.75, 3.05) is 0 Å². The Morgan fingerprint density at radius 2 is 1.37 bits per heavy atom. The molecule has 0 aromatic carbocycles. The minimum atomic E-state index is 0.443. The molecule has 0 bridgehead atoms. The van der Waals surface area contributed by atoms with Crippen LogP contribution < -0.4 is 0 Å². The summed E-state index contributed by atoms with van der Waals surface area (Å²) in [5.41, 5.74) is 0. The summed E-state index contributed by atoms with van der Waals surface area (Å²) in [6.07, 6.45) is 19.7. The highest BCUT2D eigenvalue weighted by Gasteiger charge is 2.23. The maximum Gasteiger partial charge on any atom is 0.135 e. The third-order valence-electron chi connectivity index (χ3n) is 4.59. The minimum absolute atomic E-state index is 0.443. The maximum atomic E-state index is 11.5. The van der Waals surface area contributed by atoms with Crippen LogP contribution in [0.4, 0.5) is 0 Å². The van der Waals surface area contributed by atoms with Crippen LogP contribution in [-0.4, -0.2) is 5.78 Å². The van der Waals surface area contributed by atoms with E-state index in [9.17, 15) is 4.79 Å². The van der Waals surface area contributed by atoms with Crippen LogP contribution in [0, 0.1) is 5.92 Å². The van der Waals surface area contributed by atoms with Gasteiger partial charge in [0, 0.05) is 12.3 Å². The Balaban J connectivity index is 1.75. The average Bonchev–Trinajstić information content (AvgIpc) is 2.82. The molecule has 1 unspecified atom stereocenters. The summed E-state index contributed by atoms with van der Waals surface area (Å²) in [5, 5.41) is 0. The highest BCUT2D eigenvalue weighted by Crippen LogP contribution is 2.26. The fourth-order valence-corrected chi connectivity index (χ4v) is 3.25. The molecule has 1 atom stereocenters. The summed E-state index contributed by atoms with van der Waals surface area (Å²) >= 11 is 0. The fraction of sp³-hybridized carbons (Fsp3) is 0.944. The van der Waals surface area contributed by atoms with E-state index in [0.717, 1.165) is 12.8 Å². The molecule has 1 aliphatic carbocycles. The van der Waals surface area contributed by atoms with E-state index in [-0.39, 0.29) is 0 Å². The number of hydrogen-bond acceptors (Lipinski definition) is 1. The molecular formula is C18H34O. The van der Waals surface area contributed by atoms with Crippen molar-refractivity contribution in [1.82, 2.24) is 0 Å². The Labute approximate surface area is 120 Å². The van der Waals surface area contributed by atoms with Gasteiger partial charge in [-0.05, 0) is 19.3 Å². The Morgan fingerprint density at radius 1 is 0.842 bits per heavy atom. The highest BCUT2D eigenvalue weighted by molar-refractivity contribution is 5.82. The largest absolute Gasteiger partial charge is 0.299 e. The second-order valence-electron chi connectivity index (χ2n) is 6.38. The fourth-order valence-electron chi connectivity index (χ4n) is 3.25. The standard InChI is InChI=1S/C18H34O/c1-2-3-4-5-6-7-8-9-10-11-12-14-17-15-13-16-18(17)19/h17H,2-16H2,1H3. The lowest BCUT2D eigenvalue weighted by molar-refractivity contribution is -0.120. The van der Waals surface area contributed by atoms with Gasteiger partial charge >= 0.3 is 0 Å². The van der Waals surface area contributed by atoms with Crippen LogP contribution in [0.1, 0.15) is 103 Å². The first-order valence-electron chi connectivity index (χ1n) is 8.87. The summed E-state index contributed by atoms with van der Waals surface area (Å²) in [6.45, 7) is 2.28. The quantitative estimate of drug-likeness (QED) is 0.393. The molecule has 0 saturated heterocycles. The highest BCUT2D eigenvalue weighted by atomic mass is 16.1. The summed E-state index contributed by atoms with van der Waals surface area (Å²) < 4.78 is 0. The zero-order valence-corrected chi connectivity index (χ0v) is 13.1. The van der Waals surface area contributed by atoms with Gasteiger partial charge in [0.25, 0.3) is 0 Å². The lowest BCUT2D eigenvalue weighted by Crippen LogP contribution is -2.05. The monoisotopic (exact) mass is 266 g/mol.